The monoisotopic (exact) mass is 967 g/mol. The van der Waals surface area contributed by atoms with E-state index >= 15 is 0 Å². The molecule has 2 heteroatoms. The number of fused-ring (bicyclic) bond motifs is 15. The Hall–Kier alpha value is -8.20. The van der Waals surface area contributed by atoms with Gasteiger partial charge in [0.05, 0.1) is 0 Å². The number of benzene rings is 10. The average molecular weight is 968 g/mol. The lowest BCUT2D eigenvalue weighted by molar-refractivity contribution is 0.600. The molecule has 0 atom stereocenters. The second kappa shape index (κ2) is 15.9. The van der Waals surface area contributed by atoms with Gasteiger partial charge >= 0.3 is 0 Å². The molecule has 364 valence electrons. The first-order valence-electron chi connectivity index (χ1n) is 26.8. The van der Waals surface area contributed by atoms with Crippen LogP contribution in [-0.4, -0.2) is 0 Å². The van der Waals surface area contributed by atoms with Gasteiger partial charge in [-0.25, -0.2) is 0 Å². The summed E-state index contributed by atoms with van der Waals surface area (Å²) < 4.78 is 7.02. The van der Waals surface area contributed by atoms with Gasteiger partial charge in [0.25, 0.3) is 0 Å². The van der Waals surface area contributed by atoms with Crippen molar-refractivity contribution in [2.75, 3.05) is 4.90 Å². The van der Waals surface area contributed by atoms with Gasteiger partial charge in [-0.05, 0) is 181 Å². The maximum Gasteiger partial charge on any atom is 0.144 e. The summed E-state index contributed by atoms with van der Waals surface area (Å²) in [4.78, 5) is 2.54. The highest BCUT2D eigenvalue weighted by Crippen LogP contribution is 2.64. The normalized spacial score (nSPS) is 14.9. The van der Waals surface area contributed by atoms with E-state index in [1.165, 1.54) is 139 Å². The van der Waals surface area contributed by atoms with Crippen molar-refractivity contribution in [1.29, 1.82) is 0 Å². The topological polar surface area (TPSA) is 16.4 Å². The van der Waals surface area contributed by atoms with E-state index in [0.717, 1.165) is 22.5 Å². The Labute approximate surface area is 442 Å². The number of hydrogen-bond donors (Lipinski definition) is 0. The zero-order valence-electron chi connectivity index (χ0n) is 44.8. The Balaban J connectivity index is 0.982. The Morgan fingerprint density at radius 2 is 0.947 bits per heavy atom. The largest absolute Gasteiger partial charge is 0.455 e. The van der Waals surface area contributed by atoms with Crippen molar-refractivity contribution in [2.45, 2.75) is 85.5 Å². The van der Waals surface area contributed by atoms with Gasteiger partial charge in [0.2, 0.25) is 0 Å². The van der Waals surface area contributed by atoms with E-state index in [-0.39, 0.29) is 16.2 Å². The molecule has 75 heavy (non-hydrogen) atoms. The molecular formula is C73H61NO. The zero-order chi connectivity index (χ0) is 51.4. The van der Waals surface area contributed by atoms with Gasteiger partial charge < -0.3 is 9.32 Å². The number of aryl methyl sites for hydroxylation is 3. The van der Waals surface area contributed by atoms with Gasteiger partial charge in [-0.3, -0.25) is 0 Å². The van der Waals surface area contributed by atoms with Gasteiger partial charge in [0.15, 0.2) is 0 Å². The minimum Gasteiger partial charge on any atom is -0.455 e. The molecule has 0 aliphatic heterocycles. The summed E-state index contributed by atoms with van der Waals surface area (Å²) in [6.45, 7) is 23.7. The van der Waals surface area contributed by atoms with E-state index in [0.29, 0.717) is 0 Å². The molecule has 0 spiro atoms. The highest BCUT2D eigenvalue weighted by Gasteiger charge is 2.49. The first-order valence-corrected chi connectivity index (χ1v) is 26.8. The lowest BCUT2D eigenvalue weighted by Gasteiger charge is -2.32. The fourth-order valence-corrected chi connectivity index (χ4v) is 14.3. The third-order valence-electron chi connectivity index (χ3n) is 17.9. The van der Waals surface area contributed by atoms with Crippen LogP contribution in [0.4, 0.5) is 17.1 Å². The summed E-state index contributed by atoms with van der Waals surface area (Å²) in [5.41, 5.74) is 33.3. The summed E-state index contributed by atoms with van der Waals surface area (Å²) in [7, 11) is 0. The maximum absolute atomic E-state index is 7.02. The standard InChI is InChI=1S/C73H61NO/c1-42-32-37-61(44(3)38-42)74(48-34-36-54-59(40-48)73(9,10)68-65(54)66-55-29-19-21-31-62(55)75-70(66)67-52-28-18-20-30-57(52)72(7,8)69(67)68)47-33-35-53-58(39-47)71(5,6)60-41-56(45(4)63(64(53)60)49-25-15-14-22-43(49)2)51-27-17-16-26-50(51)46-23-12-11-13-24-46/h11-41H,1-10H3. The molecule has 0 saturated carbocycles. The Bertz CT molecular complexity index is 4250. The molecule has 3 aliphatic carbocycles. The van der Waals surface area contributed by atoms with Crippen molar-refractivity contribution < 1.29 is 4.42 Å². The van der Waals surface area contributed by atoms with Crippen LogP contribution in [-0.2, 0) is 16.2 Å². The van der Waals surface area contributed by atoms with Crippen molar-refractivity contribution >= 4 is 39.0 Å². The molecule has 11 aromatic rings. The van der Waals surface area contributed by atoms with E-state index < -0.39 is 0 Å². The zero-order valence-corrected chi connectivity index (χ0v) is 44.8. The number of furan rings is 1. The van der Waals surface area contributed by atoms with E-state index in [1.54, 1.807) is 0 Å². The van der Waals surface area contributed by atoms with E-state index in [1.807, 2.05) is 0 Å². The van der Waals surface area contributed by atoms with Crippen molar-refractivity contribution in [2.24, 2.45) is 0 Å². The molecule has 0 N–H and O–H groups in total. The predicted molar refractivity (Wildman–Crippen MR) is 316 cm³/mol. The van der Waals surface area contributed by atoms with Crippen LogP contribution in [0.3, 0.4) is 0 Å². The molecular weight excluding hydrogens is 907 g/mol. The molecule has 1 aromatic heterocycles. The lowest BCUT2D eigenvalue weighted by Crippen LogP contribution is -2.24. The molecule has 10 aromatic carbocycles. The Morgan fingerprint density at radius 1 is 0.373 bits per heavy atom. The van der Waals surface area contributed by atoms with Crippen LogP contribution in [0.1, 0.15) is 97.2 Å². The van der Waals surface area contributed by atoms with Gasteiger partial charge in [-0.2, -0.15) is 0 Å². The quantitative estimate of drug-likeness (QED) is 0.165. The SMILES string of the molecule is Cc1ccc(N(c2ccc3c(c2)C(C)(C)c2cc(-c4ccccc4-c4ccccc4)c(C)c(-c4ccccc4C)c2-3)c2ccc3c(c2)C(C)(C)c2c4c(c5oc6ccccc6c5c2-3)-c2ccccc2C4(C)C)c(C)c1. The third kappa shape index (κ3) is 6.26. The van der Waals surface area contributed by atoms with Crippen molar-refractivity contribution in [3.05, 3.63) is 244 Å². The van der Waals surface area contributed by atoms with E-state index in [9.17, 15) is 0 Å². The lowest BCUT2D eigenvalue weighted by atomic mass is 9.72. The molecule has 0 unspecified atom stereocenters. The van der Waals surface area contributed by atoms with Crippen molar-refractivity contribution in [3.8, 4) is 66.8 Å². The Kier molecular flexibility index (Phi) is 9.63. The summed E-state index contributed by atoms with van der Waals surface area (Å²) in [6.07, 6.45) is 0. The number of anilines is 3. The summed E-state index contributed by atoms with van der Waals surface area (Å²) >= 11 is 0. The van der Waals surface area contributed by atoms with Gasteiger partial charge in [0, 0.05) is 49.6 Å². The van der Waals surface area contributed by atoms with Crippen LogP contribution in [0, 0.1) is 27.7 Å². The summed E-state index contributed by atoms with van der Waals surface area (Å²) in [6, 6.07) is 70.6. The predicted octanol–water partition coefficient (Wildman–Crippen LogP) is 20.2. The maximum atomic E-state index is 7.02. The molecule has 0 radical (unpaired) electrons. The highest BCUT2D eigenvalue weighted by molar-refractivity contribution is 6.21. The fraction of sp³-hybridized carbons (Fsp3) is 0.178. The van der Waals surface area contributed by atoms with Crippen molar-refractivity contribution in [1.82, 2.24) is 0 Å². The minimum atomic E-state index is -0.327. The second-order valence-electron chi connectivity index (χ2n) is 23.4. The molecule has 2 nitrogen and oxygen atoms in total. The molecule has 0 fully saturated rings. The Morgan fingerprint density at radius 3 is 1.67 bits per heavy atom. The first kappa shape index (κ1) is 45.4. The summed E-state index contributed by atoms with van der Waals surface area (Å²) in [5, 5.41) is 2.40. The smallest absolute Gasteiger partial charge is 0.144 e. The van der Waals surface area contributed by atoms with Gasteiger partial charge in [0.1, 0.15) is 11.2 Å². The van der Waals surface area contributed by atoms with Crippen LogP contribution in [0.2, 0.25) is 0 Å². The summed E-state index contributed by atoms with van der Waals surface area (Å²) in [5.74, 6) is 0. The molecule has 0 saturated heterocycles. The molecule has 1 heterocycles. The van der Waals surface area contributed by atoms with E-state index in [4.69, 9.17) is 4.42 Å². The number of rotatable bonds is 6. The van der Waals surface area contributed by atoms with Crippen LogP contribution in [0.5, 0.6) is 0 Å². The van der Waals surface area contributed by atoms with Crippen LogP contribution in [0.25, 0.3) is 88.7 Å². The average Bonchev–Trinajstić information content (AvgIpc) is 4.09. The number of nitrogens with zero attached hydrogens (tertiary/aromatic N) is 1. The minimum absolute atomic E-state index is 0.227. The number of hydrogen-bond acceptors (Lipinski definition) is 2. The van der Waals surface area contributed by atoms with Crippen LogP contribution in [0.15, 0.2) is 192 Å². The molecule has 14 rings (SSSR count). The van der Waals surface area contributed by atoms with Gasteiger partial charge in [-0.15, -0.1) is 0 Å². The van der Waals surface area contributed by atoms with Crippen LogP contribution >= 0.6 is 0 Å². The fourth-order valence-electron chi connectivity index (χ4n) is 14.3. The second-order valence-corrected chi connectivity index (χ2v) is 23.4. The number of para-hydroxylation sites is 1. The van der Waals surface area contributed by atoms with E-state index in [2.05, 4.69) is 262 Å². The van der Waals surface area contributed by atoms with Crippen molar-refractivity contribution in [3.63, 3.8) is 0 Å². The molecule has 0 amide bonds. The molecule has 3 aliphatic rings. The van der Waals surface area contributed by atoms with Gasteiger partial charge in [-0.1, -0.05) is 193 Å². The highest BCUT2D eigenvalue weighted by atomic mass is 16.3. The molecule has 0 bridgehead atoms. The van der Waals surface area contributed by atoms with Crippen LogP contribution < -0.4 is 4.90 Å². The first-order chi connectivity index (χ1) is 36.2. The third-order valence-corrected chi connectivity index (χ3v) is 17.9.